The Kier molecular flexibility index (Phi) is 4.52. The molecule has 2 rings (SSSR count). The fourth-order valence-electron chi connectivity index (χ4n) is 2.60. The molecule has 0 bridgehead atoms. The second-order valence-corrected chi connectivity index (χ2v) is 4.99. The number of hydrogen-bond donors (Lipinski definition) is 1. The summed E-state index contributed by atoms with van der Waals surface area (Å²) < 4.78 is 0. The number of carbonyl (C=O) groups excluding carboxylic acids is 2. The molecule has 0 aromatic heterocycles. The number of anilines is 1. The molecule has 1 saturated heterocycles. The summed E-state index contributed by atoms with van der Waals surface area (Å²) in [5, 5.41) is 13.5. The average molecular weight is 291 g/mol. The van der Waals surface area contributed by atoms with Gasteiger partial charge in [0.25, 0.3) is 5.69 Å². The van der Waals surface area contributed by atoms with Crippen LogP contribution in [0.2, 0.25) is 0 Å². The molecule has 7 heteroatoms. The Balaban J connectivity index is 2.12. The molecule has 7 nitrogen and oxygen atoms in total. The van der Waals surface area contributed by atoms with Gasteiger partial charge in [0.2, 0.25) is 5.91 Å². The second kappa shape index (κ2) is 6.34. The highest BCUT2D eigenvalue weighted by atomic mass is 16.6. The first kappa shape index (κ1) is 15.0. The summed E-state index contributed by atoms with van der Waals surface area (Å²) in [4.78, 5) is 34.8. The van der Waals surface area contributed by atoms with Crippen LogP contribution in [0.5, 0.6) is 0 Å². The fraction of sp³-hybridized carbons (Fsp3) is 0.429. The minimum atomic E-state index is -0.564. The maximum absolute atomic E-state index is 11.6. The van der Waals surface area contributed by atoms with Crippen LogP contribution in [-0.4, -0.2) is 37.3 Å². The Hall–Kier alpha value is -2.44. The molecule has 0 spiro atoms. The number of nitrogens with one attached hydrogen (secondary N) is 1. The lowest BCUT2D eigenvalue weighted by Gasteiger charge is -2.32. The minimum absolute atomic E-state index is 0.00911. The summed E-state index contributed by atoms with van der Waals surface area (Å²) in [5.41, 5.74) is 0.665. The molecule has 1 aromatic rings. The maximum atomic E-state index is 11.6. The molecule has 1 fully saturated rings. The number of nitro benzene ring substituents is 1. The molecule has 0 radical (unpaired) electrons. The number of nitrogens with zero attached hydrogens (tertiary/aromatic N) is 2. The summed E-state index contributed by atoms with van der Waals surface area (Å²) in [6, 6.07) is 4.53. The van der Waals surface area contributed by atoms with Crippen LogP contribution in [0.3, 0.4) is 0 Å². The Morgan fingerprint density at radius 2 is 2.10 bits per heavy atom. The van der Waals surface area contributed by atoms with E-state index in [0.29, 0.717) is 19.4 Å². The molecule has 1 N–H and O–H groups in total. The van der Waals surface area contributed by atoms with Crippen LogP contribution in [0, 0.1) is 16.0 Å². The first-order valence-corrected chi connectivity index (χ1v) is 6.77. The average Bonchev–Trinajstić information content (AvgIpc) is 2.53. The molecule has 1 aromatic carbocycles. The third kappa shape index (κ3) is 3.18. The molecular formula is C14H17N3O4. The molecule has 1 aliphatic rings. The van der Waals surface area contributed by atoms with Gasteiger partial charge in [0.15, 0.2) is 6.29 Å². The van der Waals surface area contributed by atoms with Crippen molar-refractivity contribution < 1.29 is 14.5 Å². The number of amides is 1. The third-order valence-corrected chi connectivity index (χ3v) is 3.81. The minimum Gasteiger partial charge on any atom is -0.371 e. The Labute approximate surface area is 122 Å². The zero-order chi connectivity index (χ0) is 15.4. The van der Waals surface area contributed by atoms with Crippen molar-refractivity contribution in [1.29, 1.82) is 0 Å². The highest BCUT2D eigenvalue weighted by Crippen LogP contribution is 2.27. The normalized spacial score (nSPS) is 15.6. The van der Waals surface area contributed by atoms with Gasteiger partial charge in [-0.05, 0) is 25.0 Å². The zero-order valence-electron chi connectivity index (χ0n) is 11.7. The number of carbonyl (C=O) groups is 2. The van der Waals surface area contributed by atoms with Crippen LogP contribution >= 0.6 is 0 Å². The molecular weight excluding hydrogens is 274 g/mol. The molecule has 0 saturated carbocycles. The van der Waals surface area contributed by atoms with Crippen LogP contribution in [0.1, 0.15) is 23.2 Å². The quantitative estimate of drug-likeness (QED) is 0.514. The summed E-state index contributed by atoms with van der Waals surface area (Å²) in [5.74, 6) is 0.0572. The maximum Gasteiger partial charge on any atom is 0.280 e. The van der Waals surface area contributed by atoms with Gasteiger partial charge in [-0.3, -0.25) is 19.7 Å². The molecule has 1 heterocycles. The highest BCUT2D eigenvalue weighted by molar-refractivity contribution is 5.83. The lowest BCUT2D eigenvalue weighted by molar-refractivity contribution is -0.385. The van der Waals surface area contributed by atoms with Crippen molar-refractivity contribution in [3.05, 3.63) is 33.9 Å². The van der Waals surface area contributed by atoms with Crippen molar-refractivity contribution in [1.82, 2.24) is 5.32 Å². The van der Waals surface area contributed by atoms with E-state index in [2.05, 4.69) is 5.32 Å². The van der Waals surface area contributed by atoms with Crippen LogP contribution in [0.15, 0.2) is 18.2 Å². The monoisotopic (exact) mass is 291 g/mol. The second-order valence-electron chi connectivity index (χ2n) is 4.99. The number of nitro groups is 1. The number of hydrogen-bond acceptors (Lipinski definition) is 5. The van der Waals surface area contributed by atoms with Crippen LogP contribution in [0.25, 0.3) is 0 Å². The number of rotatable bonds is 4. The number of piperidine rings is 1. The van der Waals surface area contributed by atoms with Gasteiger partial charge < -0.3 is 10.2 Å². The lowest BCUT2D eigenvalue weighted by atomic mass is 9.95. The van der Waals surface area contributed by atoms with E-state index in [1.54, 1.807) is 13.1 Å². The van der Waals surface area contributed by atoms with E-state index in [1.165, 1.54) is 12.1 Å². The predicted molar refractivity (Wildman–Crippen MR) is 77.5 cm³/mol. The van der Waals surface area contributed by atoms with E-state index in [0.717, 1.165) is 18.5 Å². The molecule has 21 heavy (non-hydrogen) atoms. The topological polar surface area (TPSA) is 92.6 Å². The molecule has 1 amide bonds. The first-order valence-electron chi connectivity index (χ1n) is 6.77. The molecule has 0 unspecified atom stereocenters. The third-order valence-electron chi connectivity index (χ3n) is 3.81. The van der Waals surface area contributed by atoms with Gasteiger partial charge in [-0.25, -0.2) is 0 Å². The lowest BCUT2D eigenvalue weighted by Crippen LogP contribution is -2.39. The summed E-state index contributed by atoms with van der Waals surface area (Å²) in [6.45, 7) is 1.38. The van der Waals surface area contributed by atoms with Crippen LogP contribution in [-0.2, 0) is 4.79 Å². The van der Waals surface area contributed by atoms with Crippen molar-refractivity contribution in [2.45, 2.75) is 12.8 Å². The largest absolute Gasteiger partial charge is 0.371 e. The van der Waals surface area contributed by atoms with E-state index in [1.807, 2.05) is 4.90 Å². The number of benzene rings is 1. The molecule has 112 valence electrons. The van der Waals surface area contributed by atoms with Crippen molar-refractivity contribution in [3.63, 3.8) is 0 Å². The Morgan fingerprint density at radius 3 is 2.62 bits per heavy atom. The van der Waals surface area contributed by atoms with E-state index in [4.69, 9.17) is 0 Å². The van der Waals surface area contributed by atoms with Crippen molar-refractivity contribution in [2.24, 2.45) is 5.92 Å². The van der Waals surface area contributed by atoms with E-state index in [-0.39, 0.29) is 23.1 Å². The Morgan fingerprint density at radius 1 is 1.43 bits per heavy atom. The number of aldehydes is 1. The van der Waals surface area contributed by atoms with Crippen molar-refractivity contribution in [3.8, 4) is 0 Å². The zero-order valence-corrected chi connectivity index (χ0v) is 11.7. The van der Waals surface area contributed by atoms with E-state index >= 15 is 0 Å². The smallest absolute Gasteiger partial charge is 0.280 e. The van der Waals surface area contributed by atoms with Crippen molar-refractivity contribution in [2.75, 3.05) is 25.0 Å². The summed E-state index contributed by atoms with van der Waals surface area (Å²) >= 11 is 0. The summed E-state index contributed by atoms with van der Waals surface area (Å²) in [7, 11) is 1.63. The van der Waals surface area contributed by atoms with Crippen molar-refractivity contribution >= 4 is 23.6 Å². The van der Waals surface area contributed by atoms with E-state index in [9.17, 15) is 19.7 Å². The van der Waals surface area contributed by atoms with Gasteiger partial charge in [0.1, 0.15) is 0 Å². The van der Waals surface area contributed by atoms with Crippen LogP contribution in [0.4, 0.5) is 11.4 Å². The Bertz CT molecular complexity index is 565. The summed E-state index contributed by atoms with van der Waals surface area (Å²) in [6.07, 6.45) is 1.96. The van der Waals surface area contributed by atoms with E-state index < -0.39 is 4.92 Å². The highest BCUT2D eigenvalue weighted by Gasteiger charge is 2.25. The van der Waals surface area contributed by atoms with Gasteiger partial charge in [-0.1, -0.05) is 0 Å². The van der Waals surface area contributed by atoms with Gasteiger partial charge in [-0.2, -0.15) is 0 Å². The first-order chi connectivity index (χ1) is 10.1. The van der Waals surface area contributed by atoms with Gasteiger partial charge in [0.05, 0.1) is 10.5 Å². The molecule has 0 aliphatic carbocycles. The van der Waals surface area contributed by atoms with Gasteiger partial charge >= 0.3 is 0 Å². The van der Waals surface area contributed by atoms with Gasteiger partial charge in [0, 0.05) is 37.8 Å². The van der Waals surface area contributed by atoms with Crippen LogP contribution < -0.4 is 10.2 Å². The predicted octanol–water partition coefficient (Wildman–Crippen LogP) is 1.37. The standard InChI is InChI=1S/C14H17N3O4/c1-15-14(19)10-4-6-16(7-5-10)12-2-3-13(17(20)21)11(8-12)9-18/h2-3,8-10H,4-7H2,1H3,(H,15,19). The molecule has 1 aliphatic heterocycles. The van der Waals surface area contributed by atoms with Gasteiger partial charge in [-0.15, -0.1) is 0 Å². The SMILES string of the molecule is CNC(=O)C1CCN(c2ccc([N+](=O)[O-])c(C=O)c2)CC1. The molecule has 0 atom stereocenters. The fourth-order valence-corrected chi connectivity index (χ4v) is 2.60.